The van der Waals surface area contributed by atoms with Crippen LogP contribution in [0.3, 0.4) is 0 Å². The minimum atomic E-state index is -0.225. The molecular formula is C16H17N5O3. The molecule has 8 heteroatoms. The van der Waals surface area contributed by atoms with E-state index in [9.17, 15) is 9.59 Å². The second-order valence-electron chi connectivity index (χ2n) is 5.78. The third-order valence-electron chi connectivity index (χ3n) is 4.38. The van der Waals surface area contributed by atoms with E-state index in [0.717, 1.165) is 16.7 Å². The second-order valence-corrected chi connectivity index (χ2v) is 5.78. The van der Waals surface area contributed by atoms with Crippen molar-refractivity contribution in [1.82, 2.24) is 24.6 Å². The molecule has 0 spiro atoms. The van der Waals surface area contributed by atoms with Crippen LogP contribution in [0.1, 0.15) is 16.3 Å². The zero-order chi connectivity index (χ0) is 16.7. The highest BCUT2D eigenvalue weighted by molar-refractivity contribution is 5.98. The minimum absolute atomic E-state index is 0.0765. The van der Waals surface area contributed by atoms with Gasteiger partial charge in [-0.1, -0.05) is 0 Å². The second kappa shape index (κ2) is 5.55. The third-order valence-corrected chi connectivity index (χ3v) is 4.38. The van der Waals surface area contributed by atoms with Crippen molar-refractivity contribution >= 4 is 16.8 Å². The number of fused-ring (bicyclic) bond motifs is 2. The van der Waals surface area contributed by atoms with Crippen molar-refractivity contribution in [3.05, 3.63) is 46.3 Å². The van der Waals surface area contributed by atoms with Crippen molar-refractivity contribution in [3.63, 3.8) is 0 Å². The highest BCUT2D eigenvalue weighted by Crippen LogP contribution is 2.22. The van der Waals surface area contributed by atoms with E-state index in [-0.39, 0.29) is 11.6 Å². The minimum Gasteiger partial charge on any atom is -0.497 e. The lowest BCUT2D eigenvalue weighted by Crippen LogP contribution is -2.34. The smallest absolute Gasteiger partial charge is 0.343 e. The van der Waals surface area contributed by atoms with E-state index in [1.54, 1.807) is 16.6 Å². The lowest BCUT2D eigenvalue weighted by atomic mass is 10.2. The Morgan fingerprint density at radius 1 is 1.25 bits per heavy atom. The number of aromatic amines is 2. The number of amides is 1. The topological polar surface area (TPSA) is 96.0 Å². The lowest BCUT2D eigenvalue weighted by Gasteiger charge is -2.18. The van der Waals surface area contributed by atoms with Gasteiger partial charge < -0.3 is 14.6 Å². The third kappa shape index (κ3) is 2.36. The van der Waals surface area contributed by atoms with Crippen LogP contribution in [0.5, 0.6) is 5.75 Å². The number of nitrogens with one attached hydrogen (secondary N) is 2. The van der Waals surface area contributed by atoms with Crippen LogP contribution in [0.4, 0.5) is 0 Å². The number of H-pyrrole nitrogens is 2. The average Bonchev–Trinajstić information content (AvgIpc) is 3.10. The highest BCUT2D eigenvalue weighted by atomic mass is 16.5. The molecule has 2 N–H and O–H groups in total. The maximum Gasteiger partial charge on any atom is 0.343 e. The number of carbonyl (C=O) groups is 1. The largest absolute Gasteiger partial charge is 0.497 e. The van der Waals surface area contributed by atoms with Crippen molar-refractivity contribution in [1.29, 1.82) is 0 Å². The molecule has 0 aliphatic carbocycles. The Kier molecular flexibility index (Phi) is 3.37. The monoisotopic (exact) mass is 327 g/mol. The summed E-state index contributed by atoms with van der Waals surface area (Å²) in [6, 6.07) is 7.48. The normalized spacial score (nSPS) is 14.5. The number of ether oxygens (including phenoxy) is 1. The Bertz CT molecular complexity index is 968. The van der Waals surface area contributed by atoms with Gasteiger partial charge in [-0.3, -0.25) is 9.36 Å². The molecule has 0 fully saturated rings. The molecule has 0 unspecified atom stereocenters. The summed E-state index contributed by atoms with van der Waals surface area (Å²) in [7, 11) is 1.61. The van der Waals surface area contributed by atoms with Gasteiger partial charge in [-0.2, -0.15) is 5.10 Å². The van der Waals surface area contributed by atoms with Crippen LogP contribution in [0, 0.1) is 0 Å². The van der Waals surface area contributed by atoms with Gasteiger partial charge in [-0.15, -0.1) is 0 Å². The number of nitrogens with zero attached hydrogens (tertiary/aromatic N) is 3. The zero-order valence-electron chi connectivity index (χ0n) is 13.2. The van der Waals surface area contributed by atoms with E-state index in [4.69, 9.17) is 4.74 Å². The molecule has 3 aromatic rings. The average molecular weight is 327 g/mol. The molecule has 1 aliphatic heterocycles. The highest BCUT2D eigenvalue weighted by Gasteiger charge is 2.22. The van der Waals surface area contributed by atoms with Gasteiger partial charge in [-0.05, 0) is 18.2 Å². The molecule has 8 nitrogen and oxygen atoms in total. The van der Waals surface area contributed by atoms with Gasteiger partial charge in [0, 0.05) is 43.0 Å². The van der Waals surface area contributed by atoms with Gasteiger partial charge >= 0.3 is 5.69 Å². The quantitative estimate of drug-likeness (QED) is 0.726. The van der Waals surface area contributed by atoms with E-state index in [1.807, 2.05) is 24.3 Å². The number of rotatable bonds is 2. The molecule has 0 atom stereocenters. The molecule has 0 radical (unpaired) electrons. The van der Waals surface area contributed by atoms with Gasteiger partial charge in [0.1, 0.15) is 17.3 Å². The number of hydrogen-bond acceptors (Lipinski definition) is 4. The first-order chi connectivity index (χ1) is 11.7. The molecule has 0 bridgehead atoms. The Hall–Kier alpha value is -3.03. The maximum atomic E-state index is 12.8. The van der Waals surface area contributed by atoms with Crippen molar-refractivity contribution in [3.8, 4) is 5.75 Å². The standard InChI is InChI=1S/C16H17N5O3/c1-24-11-3-2-10-8-13(17-12(10)9-11)15(22)20-5-4-14-18-19-16(23)21(14)7-6-20/h2-3,8-9,17H,4-7H2,1H3,(H,19,23). The number of hydrogen-bond donors (Lipinski definition) is 2. The summed E-state index contributed by atoms with van der Waals surface area (Å²) in [4.78, 5) is 29.3. The molecule has 2 aromatic heterocycles. The SMILES string of the molecule is COc1ccc2cc(C(=O)N3CCc4n[nH]c(=O)n4CC3)[nH]c2c1. The molecule has 1 amide bonds. The summed E-state index contributed by atoms with van der Waals surface area (Å²) in [6.45, 7) is 1.45. The van der Waals surface area contributed by atoms with Crippen LogP contribution < -0.4 is 10.4 Å². The summed E-state index contributed by atoms with van der Waals surface area (Å²) in [6.07, 6.45) is 0.554. The van der Waals surface area contributed by atoms with Crippen LogP contribution >= 0.6 is 0 Å². The molecule has 0 saturated carbocycles. The summed E-state index contributed by atoms with van der Waals surface area (Å²) in [5, 5.41) is 7.41. The summed E-state index contributed by atoms with van der Waals surface area (Å²) >= 11 is 0. The van der Waals surface area contributed by atoms with Gasteiger partial charge in [0.25, 0.3) is 5.91 Å². The lowest BCUT2D eigenvalue weighted by molar-refractivity contribution is 0.0754. The molecular weight excluding hydrogens is 310 g/mol. The van der Waals surface area contributed by atoms with Crippen LogP contribution in [-0.4, -0.2) is 50.8 Å². The number of aromatic nitrogens is 4. The summed E-state index contributed by atoms with van der Waals surface area (Å²) in [5.41, 5.74) is 1.17. The molecule has 1 aromatic carbocycles. The van der Waals surface area contributed by atoms with E-state index in [1.165, 1.54) is 0 Å². The van der Waals surface area contributed by atoms with E-state index >= 15 is 0 Å². The van der Waals surface area contributed by atoms with E-state index in [0.29, 0.717) is 37.6 Å². The molecule has 124 valence electrons. The van der Waals surface area contributed by atoms with Crippen molar-refractivity contribution in [2.45, 2.75) is 13.0 Å². The van der Waals surface area contributed by atoms with Gasteiger partial charge in [-0.25, -0.2) is 9.89 Å². The molecule has 4 rings (SSSR count). The van der Waals surface area contributed by atoms with Crippen LogP contribution in [-0.2, 0) is 13.0 Å². The molecule has 1 aliphatic rings. The first kappa shape index (κ1) is 14.6. The van der Waals surface area contributed by atoms with Gasteiger partial charge in [0.2, 0.25) is 0 Å². The number of benzene rings is 1. The number of carbonyl (C=O) groups excluding carboxylic acids is 1. The first-order valence-electron chi connectivity index (χ1n) is 7.76. The van der Waals surface area contributed by atoms with Crippen LogP contribution in [0.25, 0.3) is 10.9 Å². The first-order valence-corrected chi connectivity index (χ1v) is 7.76. The Labute approximate surface area is 137 Å². The summed E-state index contributed by atoms with van der Waals surface area (Å²) < 4.78 is 6.79. The van der Waals surface area contributed by atoms with E-state index in [2.05, 4.69) is 15.2 Å². The van der Waals surface area contributed by atoms with Crippen LogP contribution in [0.2, 0.25) is 0 Å². The van der Waals surface area contributed by atoms with Crippen molar-refractivity contribution in [2.75, 3.05) is 20.2 Å². The predicted molar refractivity (Wildman–Crippen MR) is 87.3 cm³/mol. The van der Waals surface area contributed by atoms with Crippen molar-refractivity contribution in [2.24, 2.45) is 0 Å². The van der Waals surface area contributed by atoms with Crippen LogP contribution in [0.15, 0.2) is 29.1 Å². The maximum absolute atomic E-state index is 12.8. The fourth-order valence-electron chi connectivity index (χ4n) is 3.06. The molecule has 0 saturated heterocycles. The molecule has 24 heavy (non-hydrogen) atoms. The molecule has 3 heterocycles. The Morgan fingerprint density at radius 3 is 2.96 bits per heavy atom. The zero-order valence-corrected chi connectivity index (χ0v) is 13.2. The Balaban J connectivity index is 1.58. The van der Waals surface area contributed by atoms with Gasteiger partial charge in [0.15, 0.2) is 0 Å². The summed E-state index contributed by atoms with van der Waals surface area (Å²) in [5.74, 6) is 1.35. The fourth-order valence-corrected chi connectivity index (χ4v) is 3.06. The van der Waals surface area contributed by atoms with Gasteiger partial charge in [0.05, 0.1) is 7.11 Å². The fraction of sp³-hybridized carbons (Fsp3) is 0.312. The van der Waals surface area contributed by atoms with Crippen molar-refractivity contribution < 1.29 is 9.53 Å². The van der Waals surface area contributed by atoms with E-state index < -0.39 is 0 Å². The Morgan fingerprint density at radius 2 is 2.12 bits per heavy atom. The predicted octanol–water partition coefficient (Wildman–Crippen LogP) is 0.760. The number of methoxy groups -OCH3 is 1.